The van der Waals surface area contributed by atoms with Gasteiger partial charge in [-0.05, 0) is 42.8 Å². The minimum absolute atomic E-state index is 0.0565. The number of anilines is 1. The van der Waals surface area contributed by atoms with Gasteiger partial charge >= 0.3 is 0 Å². The molecule has 1 heterocycles. The average Bonchev–Trinajstić information content (AvgIpc) is 2.96. The van der Waals surface area contributed by atoms with Gasteiger partial charge < -0.3 is 9.47 Å². The van der Waals surface area contributed by atoms with Crippen molar-refractivity contribution in [2.75, 3.05) is 18.2 Å². The lowest BCUT2D eigenvalue weighted by molar-refractivity contribution is -0.117. The zero-order valence-electron chi connectivity index (χ0n) is 15.0. The van der Waals surface area contributed by atoms with Crippen LogP contribution in [0.15, 0.2) is 66.8 Å². The molecule has 0 aromatic heterocycles. The number of benzene rings is 2. The standard InChI is InChI=1S/C21H20N2O4/c1-3-12-27-18-11-10-15(14-19(18)26-4-2)13-17-20(24)22-23(21(17)25)16-8-6-5-7-9-16/h3,5-11,13-14H,1,4,12H2,2H3,(H,22,24)/b17-13-. The van der Waals surface area contributed by atoms with Gasteiger partial charge in [-0.15, -0.1) is 0 Å². The number of nitrogens with zero attached hydrogens (tertiary/aromatic N) is 1. The molecule has 2 amide bonds. The van der Waals surface area contributed by atoms with Gasteiger partial charge in [-0.3, -0.25) is 15.0 Å². The van der Waals surface area contributed by atoms with Crippen LogP contribution in [0.25, 0.3) is 6.08 Å². The Balaban J connectivity index is 1.89. The molecule has 0 aliphatic carbocycles. The molecular formula is C21H20N2O4. The van der Waals surface area contributed by atoms with Gasteiger partial charge in [-0.25, -0.2) is 5.01 Å². The number of rotatable bonds is 7. The lowest BCUT2D eigenvalue weighted by atomic mass is 10.1. The van der Waals surface area contributed by atoms with Crippen LogP contribution in [0.3, 0.4) is 0 Å². The van der Waals surface area contributed by atoms with Crippen molar-refractivity contribution in [2.24, 2.45) is 0 Å². The van der Waals surface area contributed by atoms with E-state index < -0.39 is 11.8 Å². The Bertz CT molecular complexity index is 890. The van der Waals surface area contributed by atoms with Crippen molar-refractivity contribution in [2.45, 2.75) is 6.92 Å². The van der Waals surface area contributed by atoms with E-state index in [1.165, 1.54) is 5.01 Å². The second-order valence-electron chi connectivity index (χ2n) is 5.71. The minimum atomic E-state index is -0.450. The van der Waals surface area contributed by atoms with Crippen molar-refractivity contribution >= 4 is 23.6 Å². The lowest BCUT2D eigenvalue weighted by Gasteiger charge is -2.14. The number of carbonyl (C=O) groups excluding carboxylic acids is 2. The number of nitrogens with one attached hydrogen (secondary N) is 1. The highest BCUT2D eigenvalue weighted by Gasteiger charge is 2.34. The van der Waals surface area contributed by atoms with Crippen molar-refractivity contribution in [1.29, 1.82) is 0 Å². The van der Waals surface area contributed by atoms with Gasteiger partial charge in [0.2, 0.25) is 0 Å². The first-order chi connectivity index (χ1) is 13.1. The summed E-state index contributed by atoms with van der Waals surface area (Å²) in [6, 6.07) is 14.2. The van der Waals surface area contributed by atoms with Crippen LogP contribution in [0.4, 0.5) is 5.69 Å². The molecule has 1 saturated heterocycles. The van der Waals surface area contributed by atoms with Crippen molar-refractivity contribution in [3.63, 3.8) is 0 Å². The van der Waals surface area contributed by atoms with Crippen LogP contribution in [0.1, 0.15) is 12.5 Å². The minimum Gasteiger partial charge on any atom is -0.490 e. The fourth-order valence-electron chi connectivity index (χ4n) is 2.63. The molecule has 1 N–H and O–H groups in total. The van der Waals surface area contributed by atoms with Gasteiger partial charge in [0.05, 0.1) is 12.3 Å². The first-order valence-corrected chi connectivity index (χ1v) is 8.56. The SMILES string of the molecule is C=CCOc1ccc(/C=C2/C(=O)NN(c3ccccc3)C2=O)cc1OCC. The quantitative estimate of drug-likeness (QED) is 0.466. The van der Waals surface area contributed by atoms with Gasteiger partial charge in [-0.2, -0.15) is 0 Å². The summed E-state index contributed by atoms with van der Waals surface area (Å²) in [5, 5.41) is 1.24. The number of amides is 2. The molecule has 1 fully saturated rings. The normalized spacial score (nSPS) is 15.0. The highest BCUT2D eigenvalue weighted by molar-refractivity contribution is 6.31. The molecule has 0 unspecified atom stereocenters. The van der Waals surface area contributed by atoms with E-state index in [2.05, 4.69) is 12.0 Å². The molecule has 0 bridgehead atoms. The van der Waals surface area contributed by atoms with Gasteiger partial charge in [-0.1, -0.05) is 36.9 Å². The molecule has 1 aliphatic heterocycles. The van der Waals surface area contributed by atoms with Crippen LogP contribution in [-0.2, 0) is 9.59 Å². The van der Waals surface area contributed by atoms with Crippen LogP contribution >= 0.6 is 0 Å². The maximum Gasteiger partial charge on any atom is 0.282 e. The van der Waals surface area contributed by atoms with E-state index >= 15 is 0 Å². The number of ether oxygens (including phenoxy) is 2. The summed E-state index contributed by atoms with van der Waals surface area (Å²) in [6.45, 7) is 6.31. The fourth-order valence-corrected chi connectivity index (χ4v) is 2.63. The maximum atomic E-state index is 12.6. The second-order valence-corrected chi connectivity index (χ2v) is 5.71. The van der Waals surface area contributed by atoms with Crippen LogP contribution in [0.5, 0.6) is 11.5 Å². The van der Waals surface area contributed by atoms with E-state index in [4.69, 9.17) is 9.47 Å². The third kappa shape index (κ3) is 4.00. The third-order valence-corrected chi connectivity index (χ3v) is 3.84. The lowest BCUT2D eigenvalue weighted by Crippen LogP contribution is -2.35. The summed E-state index contributed by atoms with van der Waals surface area (Å²) < 4.78 is 11.2. The predicted octanol–water partition coefficient (Wildman–Crippen LogP) is 3.11. The number of hydrogen-bond acceptors (Lipinski definition) is 4. The van der Waals surface area contributed by atoms with Crippen molar-refractivity contribution < 1.29 is 19.1 Å². The summed E-state index contributed by atoms with van der Waals surface area (Å²) in [5.74, 6) is 0.261. The smallest absolute Gasteiger partial charge is 0.282 e. The maximum absolute atomic E-state index is 12.6. The van der Waals surface area contributed by atoms with Crippen LogP contribution < -0.4 is 19.9 Å². The molecule has 6 heteroatoms. The van der Waals surface area contributed by atoms with E-state index in [0.717, 1.165) is 0 Å². The Labute approximate surface area is 157 Å². The monoisotopic (exact) mass is 364 g/mol. The Morgan fingerprint density at radius 2 is 1.85 bits per heavy atom. The molecule has 0 atom stereocenters. The molecule has 2 aromatic carbocycles. The molecule has 1 aliphatic rings. The van der Waals surface area contributed by atoms with Crippen LogP contribution in [-0.4, -0.2) is 25.0 Å². The molecule has 6 nitrogen and oxygen atoms in total. The molecule has 0 radical (unpaired) electrons. The molecule has 2 aromatic rings. The molecule has 0 spiro atoms. The van der Waals surface area contributed by atoms with E-state index in [9.17, 15) is 9.59 Å². The number of carbonyl (C=O) groups is 2. The van der Waals surface area contributed by atoms with E-state index in [0.29, 0.717) is 36.0 Å². The first kappa shape index (κ1) is 18.3. The largest absolute Gasteiger partial charge is 0.490 e. The molecular weight excluding hydrogens is 344 g/mol. The van der Waals surface area contributed by atoms with Crippen molar-refractivity contribution in [1.82, 2.24) is 5.43 Å². The Kier molecular flexibility index (Phi) is 5.56. The highest BCUT2D eigenvalue weighted by Crippen LogP contribution is 2.30. The summed E-state index contributed by atoms with van der Waals surface area (Å²) in [7, 11) is 0. The van der Waals surface area contributed by atoms with Gasteiger partial charge in [0.25, 0.3) is 11.8 Å². The predicted molar refractivity (Wildman–Crippen MR) is 103 cm³/mol. The Hall–Kier alpha value is -3.54. The highest BCUT2D eigenvalue weighted by atomic mass is 16.5. The average molecular weight is 364 g/mol. The Morgan fingerprint density at radius 1 is 1.07 bits per heavy atom. The second kappa shape index (κ2) is 8.23. The van der Waals surface area contributed by atoms with E-state index in [-0.39, 0.29) is 5.57 Å². The summed E-state index contributed by atoms with van der Waals surface area (Å²) in [6.07, 6.45) is 3.19. The summed E-state index contributed by atoms with van der Waals surface area (Å²) >= 11 is 0. The third-order valence-electron chi connectivity index (χ3n) is 3.84. The molecule has 0 saturated carbocycles. The number of para-hydroxylation sites is 1. The van der Waals surface area contributed by atoms with Crippen LogP contribution in [0, 0.1) is 0 Å². The zero-order valence-corrected chi connectivity index (χ0v) is 15.0. The summed E-state index contributed by atoms with van der Waals surface area (Å²) in [4.78, 5) is 24.9. The Morgan fingerprint density at radius 3 is 2.56 bits per heavy atom. The number of hydrogen-bond donors (Lipinski definition) is 1. The van der Waals surface area contributed by atoms with Crippen molar-refractivity contribution in [3.05, 3.63) is 72.3 Å². The topological polar surface area (TPSA) is 67.9 Å². The van der Waals surface area contributed by atoms with Gasteiger partial charge in [0.1, 0.15) is 12.2 Å². The molecule has 138 valence electrons. The zero-order chi connectivity index (χ0) is 19.2. The van der Waals surface area contributed by atoms with E-state index in [1.807, 2.05) is 13.0 Å². The first-order valence-electron chi connectivity index (χ1n) is 8.56. The van der Waals surface area contributed by atoms with Gasteiger partial charge in [0.15, 0.2) is 11.5 Å². The van der Waals surface area contributed by atoms with Crippen molar-refractivity contribution in [3.8, 4) is 11.5 Å². The summed E-state index contributed by atoms with van der Waals surface area (Å²) in [5.41, 5.74) is 3.90. The van der Waals surface area contributed by atoms with Crippen LogP contribution in [0.2, 0.25) is 0 Å². The molecule has 27 heavy (non-hydrogen) atoms. The number of hydrazine groups is 1. The molecule has 3 rings (SSSR count). The fraction of sp³-hybridized carbons (Fsp3) is 0.143. The van der Waals surface area contributed by atoms with Gasteiger partial charge in [0, 0.05) is 0 Å². The van der Waals surface area contributed by atoms with E-state index in [1.54, 1.807) is 54.6 Å².